The van der Waals surface area contributed by atoms with E-state index in [9.17, 15) is 4.79 Å². The number of benzene rings is 1. The van der Waals surface area contributed by atoms with Crippen LogP contribution in [-0.4, -0.2) is 22.4 Å². The Bertz CT molecular complexity index is 546. The molecule has 0 bridgehead atoms. The first kappa shape index (κ1) is 13.1. The number of nitrogens with zero attached hydrogens (tertiary/aromatic N) is 2. The zero-order valence-electron chi connectivity index (χ0n) is 11.1. The molecule has 5 nitrogen and oxygen atoms in total. The molecule has 0 fully saturated rings. The third-order valence-corrected chi connectivity index (χ3v) is 2.51. The second-order valence-electron chi connectivity index (χ2n) is 4.20. The average Bonchev–Trinajstić information content (AvgIpc) is 2.85. The monoisotopic (exact) mass is 259 g/mol. The van der Waals surface area contributed by atoms with Gasteiger partial charge in [-0.05, 0) is 43.7 Å². The maximum absolute atomic E-state index is 11.8. The van der Waals surface area contributed by atoms with Crippen LogP contribution in [-0.2, 0) is 0 Å². The third-order valence-electron chi connectivity index (χ3n) is 2.51. The van der Waals surface area contributed by atoms with Crippen LogP contribution in [0.1, 0.15) is 19.0 Å². The van der Waals surface area contributed by atoms with Gasteiger partial charge < -0.3 is 10.1 Å². The molecular weight excluding hydrogens is 242 g/mol. The topological polar surface area (TPSA) is 56.1 Å². The van der Waals surface area contributed by atoms with Gasteiger partial charge in [0, 0.05) is 11.9 Å². The standard InChI is InChI=1S/C14H17N3O2/c1-3-10-19-13-6-4-12(5-7-13)15-14(18)17-9-8-11(2)16-17/h4-9H,3,10H2,1-2H3,(H,15,18). The molecule has 0 aliphatic carbocycles. The number of hydrogen-bond donors (Lipinski definition) is 1. The normalized spacial score (nSPS) is 10.2. The third kappa shape index (κ3) is 3.58. The fourth-order valence-electron chi connectivity index (χ4n) is 1.56. The van der Waals surface area contributed by atoms with E-state index in [0.717, 1.165) is 17.9 Å². The number of aromatic nitrogens is 2. The van der Waals surface area contributed by atoms with Crippen molar-refractivity contribution in [3.63, 3.8) is 0 Å². The minimum Gasteiger partial charge on any atom is -0.494 e. The van der Waals surface area contributed by atoms with E-state index in [0.29, 0.717) is 12.3 Å². The van der Waals surface area contributed by atoms with E-state index < -0.39 is 0 Å². The molecule has 0 aliphatic rings. The molecule has 0 aliphatic heterocycles. The highest BCUT2D eigenvalue weighted by atomic mass is 16.5. The second-order valence-corrected chi connectivity index (χ2v) is 4.20. The summed E-state index contributed by atoms with van der Waals surface area (Å²) in [6.45, 7) is 4.59. The van der Waals surface area contributed by atoms with Crippen molar-refractivity contribution in [1.82, 2.24) is 9.78 Å². The van der Waals surface area contributed by atoms with E-state index in [2.05, 4.69) is 17.3 Å². The molecular formula is C14H17N3O2. The number of hydrogen-bond acceptors (Lipinski definition) is 3. The molecule has 1 heterocycles. The van der Waals surface area contributed by atoms with Crippen molar-refractivity contribution in [1.29, 1.82) is 0 Å². The van der Waals surface area contributed by atoms with Gasteiger partial charge in [-0.15, -0.1) is 0 Å². The fraction of sp³-hybridized carbons (Fsp3) is 0.286. The summed E-state index contributed by atoms with van der Waals surface area (Å²) in [6, 6.07) is 8.77. The Morgan fingerprint density at radius 1 is 1.32 bits per heavy atom. The Labute approximate surface area is 112 Å². The van der Waals surface area contributed by atoms with E-state index in [1.165, 1.54) is 4.68 Å². The predicted molar refractivity (Wildman–Crippen MR) is 73.6 cm³/mol. The Morgan fingerprint density at radius 3 is 2.63 bits per heavy atom. The summed E-state index contributed by atoms with van der Waals surface area (Å²) >= 11 is 0. The van der Waals surface area contributed by atoms with Crippen molar-refractivity contribution in [2.24, 2.45) is 0 Å². The molecule has 1 aromatic heterocycles. The molecule has 1 aromatic carbocycles. The van der Waals surface area contributed by atoms with Gasteiger partial charge in [-0.25, -0.2) is 4.79 Å². The van der Waals surface area contributed by atoms with Crippen LogP contribution in [0.15, 0.2) is 36.5 Å². The van der Waals surface area contributed by atoms with Crippen molar-refractivity contribution >= 4 is 11.7 Å². The Hall–Kier alpha value is -2.30. The molecule has 0 atom stereocenters. The first-order valence-corrected chi connectivity index (χ1v) is 6.25. The number of ether oxygens (including phenoxy) is 1. The molecule has 0 saturated carbocycles. The predicted octanol–water partition coefficient (Wildman–Crippen LogP) is 3.06. The first-order chi connectivity index (χ1) is 9.19. The number of aryl methyl sites for hydroxylation is 1. The van der Waals surface area contributed by atoms with E-state index in [1.807, 2.05) is 19.1 Å². The minimum absolute atomic E-state index is 0.282. The number of carbonyl (C=O) groups is 1. The summed E-state index contributed by atoms with van der Waals surface area (Å²) in [6.07, 6.45) is 2.60. The summed E-state index contributed by atoms with van der Waals surface area (Å²) < 4.78 is 6.75. The summed E-state index contributed by atoms with van der Waals surface area (Å²) in [5.74, 6) is 0.801. The van der Waals surface area contributed by atoms with Crippen molar-refractivity contribution < 1.29 is 9.53 Å². The number of carbonyl (C=O) groups excluding carboxylic acids is 1. The lowest BCUT2D eigenvalue weighted by Gasteiger charge is -2.07. The van der Waals surface area contributed by atoms with Gasteiger partial charge in [-0.2, -0.15) is 9.78 Å². The van der Waals surface area contributed by atoms with Crippen LogP contribution in [0.4, 0.5) is 10.5 Å². The van der Waals surface area contributed by atoms with Crippen LogP contribution in [0.2, 0.25) is 0 Å². The minimum atomic E-state index is -0.282. The summed E-state index contributed by atoms with van der Waals surface area (Å²) in [5, 5.41) is 6.81. The lowest BCUT2D eigenvalue weighted by atomic mass is 10.3. The Kier molecular flexibility index (Phi) is 4.18. The van der Waals surface area contributed by atoms with Gasteiger partial charge in [-0.1, -0.05) is 6.92 Å². The molecule has 19 heavy (non-hydrogen) atoms. The molecule has 0 spiro atoms. The van der Waals surface area contributed by atoms with Gasteiger partial charge in [0.25, 0.3) is 0 Å². The molecule has 2 aromatic rings. The first-order valence-electron chi connectivity index (χ1n) is 6.25. The zero-order valence-corrected chi connectivity index (χ0v) is 11.1. The molecule has 1 amide bonds. The quantitative estimate of drug-likeness (QED) is 0.918. The van der Waals surface area contributed by atoms with Gasteiger partial charge in [0.15, 0.2) is 0 Å². The molecule has 0 radical (unpaired) electrons. The Morgan fingerprint density at radius 2 is 2.05 bits per heavy atom. The lowest BCUT2D eigenvalue weighted by Crippen LogP contribution is -2.19. The number of amides is 1. The summed E-state index contributed by atoms with van der Waals surface area (Å²) in [5.41, 5.74) is 1.51. The van der Waals surface area contributed by atoms with E-state index in [-0.39, 0.29) is 6.03 Å². The molecule has 1 N–H and O–H groups in total. The average molecular weight is 259 g/mol. The fourth-order valence-corrected chi connectivity index (χ4v) is 1.56. The van der Waals surface area contributed by atoms with E-state index in [4.69, 9.17) is 4.74 Å². The molecule has 5 heteroatoms. The van der Waals surface area contributed by atoms with Crippen LogP contribution in [0, 0.1) is 6.92 Å². The highest BCUT2D eigenvalue weighted by Crippen LogP contribution is 2.16. The highest BCUT2D eigenvalue weighted by molar-refractivity contribution is 5.90. The SMILES string of the molecule is CCCOc1ccc(NC(=O)n2ccc(C)n2)cc1. The van der Waals surface area contributed by atoms with Gasteiger partial charge in [0.2, 0.25) is 0 Å². The van der Waals surface area contributed by atoms with Crippen LogP contribution in [0.25, 0.3) is 0 Å². The van der Waals surface area contributed by atoms with Crippen LogP contribution in [0.5, 0.6) is 5.75 Å². The molecule has 2 rings (SSSR count). The summed E-state index contributed by atoms with van der Waals surface area (Å²) in [4.78, 5) is 11.8. The zero-order chi connectivity index (χ0) is 13.7. The smallest absolute Gasteiger partial charge is 0.346 e. The highest BCUT2D eigenvalue weighted by Gasteiger charge is 2.05. The van der Waals surface area contributed by atoms with Crippen LogP contribution >= 0.6 is 0 Å². The second kappa shape index (κ2) is 6.04. The van der Waals surface area contributed by atoms with Crippen molar-refractivity contribution in [2.75, 3.05) is 11.9 Å². The van der Waals surface area contributed by atoms with Crippen molar-refractivity contribution in [3.05, 3.63) is 42.2 Å². The summed E-state index contributed by atoms with van der Waals surface area (Å²) in [7, 11) is 0. The lowest BCUT2D eigenvalue weighted by molar-refractivity contribution is 0.251. The molecule has 100 valence electrons. The number of anilines is 1. The van der Waals surface area contributed by atoms with Gasteiger partial charge in [-0.3, -0.25) is 0 Å². The van der Waals surface area contributed by atoms with Gasteiger partial charge in [0.1, 0.15) is 5.75 Å². The maximum Gasteiger partial charge on any atom is 0.346 e. The van der Waals surface area contributed by atoms with Gasteiger partial charge in [0.05, 0.1) is 12.3 Å². The number of rotatable bonds is 4. The van der Waals surface area contributed by atoms with Gasteiger partial charge >= 0.3 is 6.03 Å². The maximum atomic E-state index is 11.8. The van der Waals surface area contributed by atoms with Crippen molar-refractivity contribution in [2.45, 2.75) is 20.3 Å². The van der Waals surface area contributed by atoms with Crippen molar-refractivity contribution in [3.8, 4) is 5.75 Å². The van der Waals surface area contributed by atoms with Crippen LogP contribution < -0.4 is 10.1 Å². The van der Waals surface area contributed by atoms with Crippen LogP contribution in [0.3, 0.4) is 0 Å². The molecule has 0 saturated heterocycles. The molecule has 0 unspecified atom stereocenters. The van der Waals surface area contributed by atoms with E-state index >= 15 is 0 Å². The van der Waals surface area contributed by atoms with E-state index in [1.54, 1.807) is 24.4 Å². The largest absolute Gasteiger partial charge is 0.494 e. The number of nitrogens with one attached hydrogen (secondary N) is 1. The Balaban J connectivity index is 1.97.